The second-order valence-corrected chi connectivity index (χ2v) is 1.92. The number of pyridine rings is 1. The highest BCUT2D eigenvalue weighted by molar-refractivity contribution is 5.98. The predicted octanol–water partition coefficient (Wildman–Crippen LogP) is -0.00700. The molecule has 0 aliphatic rings. The van der Waals surface area contributed by atoms with Gasteiger partial charge < -0.3 is 5.73 Å². The van der Waals surface area contributed by atoms with Crippen LogP contribution in [0.5, 0.6) is 0 Å². The van der Waals surface area contributed by atoms with Crippen molar-refractivity contribution in [2.75, 3.05) is 0 Å². The van der Waals surface area contributed by atoms with Gasteiger partial charge in [0, 0.05) is 11.8 Å². The van der Waals surface area contributed by atoms with Crippen LogP contribution >= 0.6 is 0 Å². The van der Waals surface area contributed by atoms with Crippen LogP contribution in [-0.4, -0.2) is 17.2 Å². The Hall–Kier alpha value is -1.71. The first kappa shape index (κ1) is 7.40. The van der Waals surface area contributed by atoms with Crippen molar-refractivity contribution in [3.63, 3.8) is 0 Å². The minimum absolute atomic E-state index is 0.0162. The van der Waals surface area contributed by atoms with Gasteiger partial charge in [-0.05, 0) is 12.1 Å². The molecule has 1 amide bonds. The van der Waals surface area contributed by atoms with Crippen LogP contribution in [0.15, 0.2) is 18.3 Å². The molecule has 1 aromatic heterocycles. The number of nitrogens with zero attached hydrogens (tertiary/aromatic N) is 1. The van der Waals surface area contributed by atoms with Crippen LogP contribution in [0, 0.1) is 0 Å². The number of carbonyl (C=O) groups is 2. The highest BCUT2D eigenvalue weighted by atomic mass is 16.1. The molecule has 0 aliphatic carbocycles. The number of rotatable bonds is 2. The minimum atomic E-state index is -0.687. The van der Waals surface area contributed by atoms with Crippen LogP contribution in [0.25, 0.3) is 0 Å². The maximum atomic E-state index is 10.6. The van der Waals surface area contributed by atoms with Gasteiger partial charge in [0.15, 0.2) is 6.29 Å². The van der Waals surface area contributed by atoms with E-state index in [0.29, 0.717) is 6.29 Å². The average molecular weight is 150 g/mol. The molecular weight excluding hydrogens is 144 g/mol. The van der Waals surface area contributed by atoms with Crippen LogP contribution in [0.4, 0.5) is 0 Å². The van der Waals surface area contributed by atoms with Gasteiger partial charge in [-0.25, -0.2) is 0 Å². The molecule has 0 aliphatic heterocycles. The van der Waals surface area contributed by atoms with Crippen molar-refractivity contribution >= 4 is 12.2 Å². The molecule has 0 spiro atoms. The van der Waals surface area contributed by atoms with E-state index in [1.54, 1.807) is 6.07 Å². The second-order valence-electron chi connectivity index (χ2n) is 1.92. The summed E-state index contributed by atoms with van der Waals surface area (Å²) in [5, 5.41) is 0. The Morgan fingerprint density at radius 3 is 2.82 bits per heavy atom. The van der Waals surface area contributed by atoms with Crippen molar-refractivity contribution in [1.29, 1.82) is 0 Å². The third-order valence-electron chi connectivity index (χ3n) is 1.20. The van der Waals surface area contributed by atoms with Gasteiger partial charge in [0.25, 0.3) is 5.91 Å². The van der Waals surface area contributed by atoms with Gasteiger partial charge in [-0.3, -0.25) is 14.6 Å². The molecule has 2 N–H and O–H groups in total. The smallest absolute Gasteiger partial charge is 0.268 e. The van der Waals surface area contributed by atoms with Crippen LogP contribution in [0.3, 0.4) is 0 Å². The van der Waals surface area contributed by atoms with E-state index in [1.165, 1.54) is 12.3 Å². The van der Waals surface area contributed by atoms with Crippen LogP contribution in [0.2, 0.25) is 0 Å². The summed E-state index contributed by atoms with van der Waals surface area (Å²) >= 11 is 0. The van der Waals surface area contributed by atoms with E-state index >= 15 is 0 Å². The van der Waals surface area contributed by atoms with Crippen molar-refractivity contribution in [3.05, 3.63) is 29.6 Å². The number of primary amides is 1. The molecule has 0 radical (unpaired) electrons. The van der Waals surface area contributed by atoms with Crippen molar-refractivity contribution < 1.29 is 9.59 Å². The Morgan fingerprint density at radius 2 is 2.36 bits per heavy atom. The summed E-state index contributed by atoms with van der Waals surface area (Å²) < 4.78 is 0. The van der Waals surface area contributed by atoms with E-state index < -0.39 is 5.91 Å². The maximum absolute atomic E-state index is 10.6. The number of hydrogen-bond acceptors (Lipinski definition) is 3. The van der Waals surface area contributed by atoms with Gasteiger partial charge in [0.2, 0.25) is 0 Å². The van der Waals surface area contributed by atoms with Gasteiger partial charge in [-0.1, -0.05) is 0 Å². The summed E-state index contributed by atoms with van der Waals surface area (Å²) in [6.07, 6.45) is 1.96. The summed E-state index contributed by atoms with van der Waals surface area (Å²) in [6.45, 7) is 0. The molecule has 1 rings (SSSR count). The number of aldehydes is 1. The van der Waals surface area contributed by atoms with E-state index in [2.05, 4.69) is 4.98 Å². The molecular formula is C7H6N2O2. The van der Waals surface area contributed by atoms with E-state index in [4.69, 9.17) is 5.73 Å². The fraction of sp³-hybridized carbons (Fsp3) is 0. The van der Waals surface area contributed by atoms with Gasteiger partial charge >= 0.3 is 0 Å². The standard InChI is InChI=1S/C7H6N2O2/c8-7(11)6-5(4-10)2-1-3-9-6/h1-4H,(H2,8,11). The zero-order valence-electron chi connectivity index (χ0n) is 5.65. The van der Waals surface area contributed by atoms with Crippen LogP contribution < -0.4 is 5.73 Å². The second kappa shape index (κ2) is 2.92. The molecule has 0 fully saturated rings. The molecule has 0 unspecified atom stereocenters. The lowest BCUT2D eigenvalue weighted by Gasteiger charge is -1.95. The Bertz CT molecular complexity index is 296. The largest absolute Gasteiger partial charge is 0.364 e. The lowest BCUT2D eigenvalue weighted by Crippen LogP contribution is -2.15. The highest BCUT2D eigenvalue weighted by Crippen LogP contribution is 1.99. The van der Waals surface area contributed by atoms with Crippen molar-refractivity contribution in [3.8, 4) is 0 Å². The highest BCUT2D eigenvalue weighted by Gasteiger charge is 2.06. The summed E-state index contributed by atoms with van der Waals surface area (Å²) in [6, 6.07) is 3.05. The van der Waals surface area contributed by atoms with Crippen molar-refractivity contribution in [2.45, 2.75) is 0 Å². The molecule has 1 aromatic rings. The van der Waals surface area contributed by atoms with Crippen LogP contribution in [-0.2, 0) is 0 Å². The quantitative estimate of drug-likeness (QED) is 0.602. The number of nitrogens with two attached hydrogens (primary N) is 1. The first-order valence-electron chi connectivity index (χ1n) is 2.95. The SMILES string of the molecule is NC(=O)c1ncccc1C=O. The van der Waals surface area contributed by atoms with Gasteiger partial charge in [0.1, 0.15) is 5.69 Å². The zero-order chi connectivity index (χ0) is 8.27. The monoisotopic (exact) mass is 150 g/mol. The fourth-order valence-electron chi connectivity index (χ4n) is 0.719. The molecule has 11 heavy (non-hydrogen) atoms. The van der Waals surface area contributed by atoms with E-state index in [0.717, 1.165) is 0 Å². The Labute approximate surface area is 63.0 Å². The van der Waals surface area contributed by atoms with Crippen molar-refractivity contribution in [2.24, 2.45) is 5.73 Å². The normalized spacial score (nSPS) is 9.09. The number of amides is 1. The molecule has 0 saturated heterocycles. The third kappa shape index (κ3) is 1.40. The summed E-state index contributed by atoms with van der Waals surface area (Å²) in [5.74, 6) is -0.687. The zero-order valence-corrected chi connectivity index (χ0v) is 5.65. The molecule has 56 valence electrons. The fourth-order valence-corrected chi connectivity index (χ4v) is 0.719. The summed E-state index contributed by atoms with van der Waals surface area (Å²) in [7, 11) is 0. The van der Waals surface area contributed by atoms with Gasteiger partial charge in [0.05, 0.1) is 0 Å². The number of hydrogen-bond donors (Lipinski definition) is 1. The Morgan fingerprint density at radius 1 is 1.64 bits per heavy atom. The number of aromatic nitrogens is 1. The van der Waals surface area contributed by atoms with E-state index in [1.807, 2.05) is 0 Å². The molecule has 0 aromatic carbocycles. The Kier molecular flexibility index (Phi) is 1.96. The van der Waals surface area contributed by atoms with Gasteiger partial charge in [-0.2, -0.15) is 0 Å². The third-order valence-corrected chi connectivity index (χ3v) is 1.20. The molecule has 1 heterocycles. The van der Waals surface area contributed by atoms with E-state index in [-0.39, 0.29) is 11.3 Å². The van der Waals surface area contributed by atoms with Gasteiger partial charge in [-0.15, -0.1) is 0 Å². The minimum Gasteiger partial charge on any atom is -0.364 e. The topological polar surface area (TPSA) is 73.1 Å². The first-order valence-corrected chi connectivity index (χ1v) is 2.95. The average Bonchev–Trinajstić information content (AvgIpc) is 2.04. The maximum Gasteiger partial charge on any atom is 0.268 e. The van der Waals surface area contributed by atoms with Crippen molar-refractivity contribution in [1.82, 2.24) is 4.98 Å². The van der Waals surface area contributed by atoms with E-state index in [9.17, 15) is 9.59 Å². The lowest BCUT2D eigenvalue weighted by molar-refractivity contribution is 0.0988. The molecule has 0 bridgehead atoms. The number of carbonyl (C=O) groups excluding carboxylic acids is 2. The lowest BCUT2D eigenvalue weighted by atomic mass is 10.2. The first-order chi connectivity index (χ1) is 5.25. The molecule has 4 nitrogen and oxygen atoms in total. The molecule has 0 saturated carbocycles. The summed E-state index contributed by atoms with van der Waals surface area (Å²) in [5.41, 5.74) is 5.17. The Balaban J connectivity index is 3.22. The molecule has 0 atom stereocenters. The predicted molar refractivity (Wildman–Crippen MR) is 38.1 cm³/mol. The summed E-state index contributed by atoms with van der Waals surface area (Å²) in [4.78, 5) is 24.5. The van der Waals surface area contributed by atoms with Crippen LogP contribution in [0.1, 0.15) is 20.8 Å². The molecule has 4 heteroatoms.